The van der Waals surface area contributed by atoms with Gasteiger partial charge in [-0.05, 0) is 54.7 Å². The standard InChI is InChI=1S/C14H21ClOS/c1-10(2)12-9-14(11(3)8-13(12)15)16-6-4-5-7-17/h8-10,17H,4-7H2,1-3H3. The first-order valence-electron chi connectivity index (χ1n) is 6.10. The van der Waals surface area contributed by atoms with Gasteiger partial charge < -0.3 is 4.74 Å². The molecule has 17 heavy (non-hydrogen) atoms. The second-order valence-electron chi connectivity index (χ2n) is 4.57. The minimum Gasteiger partial charge on any atom is -0.493 e. The number of thiol groups is 1. The number of hydrogen-bond donors (Lipinski definition) is 1. The van der Waals surface area contributed by atoms with E-state index in [0.29, 0.717) is 5.92 Å². The monoisotopic (exact) mass is 272 g/mol. The molecule has 0 aromatic heterocycles. The van der Waals surface area contributed by atoms with Crippen LogP contribution in [0.3, 0.4) is 0 Å². The van der Waals surface area contributed by atoms with Crippen LogP contribution >= 0.6 is 24.2 Å². The van der Waals surface area contributed by atoms with Crippen molar-refractivity contribution in [3.05, 3.63) is 28.3 Å². The molecule has 0 amide bonds. The van der Waals surface area contributed by atoms with Gasteiger partial charge in [0.05, 0.1) is 6.61 Å². The van der Waals surface area contributed by atoms with E-state index in [2.05, 4.69) is 32.5 Å². The number of rotatable bonds is 6. The Morgan fingerprint density at radius 2 is 2.00 bits per heavy atom. The zero-order chi connectivity index (χ0) is 12.8. The molecule has 0 heterocycles. The van der Waals surface area contributed by atoms with Crippen LogP contribution in [0, 0.1) is 6.92 Å². The molecule has 1 rings (SSSR count). The quantitative estimate of drug-likeness (QED) is 0.575. The second kappa shape index (κ2) is 7.17. The summed E-state index contributed by atoms with van der Waals surface area (Å²) in [5.41, 5.74) is 2.26. The Morgan fingerprint density at radius 1 is 1.29 bits per heavy atom. The molecule has 1 aromatic carbocycles. The maximum absolute atomic E-state index is 6.21. The van der Waals surface area contributed by atoms with E-state index in [0.717, 1.165) is 47.1 Å². The van der Waals surface area contributed by atoms with Gasteiger partial charge in [-0.2, -0.15) is 12.6 Å². The van der Waals surface area contributed by atoms with Crippen molar-refractivity contribution in [2.75, 3.05) is 12.4 Å². The fraction of sp³-hybridized carbons (Fsp3) is 0.571. The molecule has 0 aliphatic carbocycles. The van der Waals surface area contributed by atoms with E-state index in [-0.39, 0.29) is 0 Å². The van der Waals surface area contributed by atoms with E-state index in [1.807, 2.05) is 13.0 Å². The van der Waals surface area contributed by atoms with Crippen LogP contribution in [0.15, 0.2) is 12.1 Å². The van der Waals surface area contributed by atoms with Crippen molar-refractivity contribution in [3.63, 3.8) is 0 Å². The number of aryl methyl sites for hydroxylation is 1. The lowest BCUT2D eigenvalue weighted by atomic mass is 10.0. The predicted molar refractivity (Wildman–Crippen MR) is 78.9 cm³/mol. The van der Waals surface area contributed by atoms with E-state index >= 15 is 0 Å². The summed E-state index contributed by atoms with van der Waals surface area (Å²) in [6.07, 6.45) is 2.13. The van der Waals surface area contributed by atoms with Crippen LogP contribution in [0.2, 0.25) is 5.02 Å². The molecule has 1 nitrogen and oxygen atoms in total. The Balaban J connectivity index is 2.74. The third-order valence-electron chi connectivity index (χ3n) is 2.73. The van der Waals surface area contributed by atoms with Gasteiger partial charge in [-0.15, -0.1) is 0 Å². The molecule has 0 fully saturated rings. The SMILES string of the molecule is Cc1cc(Cl)c(C(C)C)cc1OCCCCS. The maximum Gasteiger partial charge on any atom is 0.122 e. The van der Waals surface area contributed by atoms with Crippen LogP contribution < -0.4 is 4.74 Å². The van der Waals surface area contributed by atoms with Crippen LogP contribution in [0.4, 0.5) is 0 Å². The average Bonchev–Trinajstić information content (AvgIpc) is 2.26. The Labute approximate surface area is 115 Å². The van der Waals surface area contributed by atoms with E-state index in [9.17, 15) is 0 Å². The van der Waals surface area contributed by atoms with E-state index in [1.54, 1.807) is 0 Å². The molecule has 0 bridgehead atoms. The van der Waals surface area contributed by atoms with E-state index in [1.165, 1.54) is 0 Å². The molecule has 0 unspecified atom stereocenters. The van der Waals surface area contributed by atoms with Crippen molar-refractivity contribution >= 4 is 24.2 Å². The summed E-state index contributed by atoms with van der Waals surface area (Å²) in [6.45, 7) is 7.06. The molecule has 0 N–H and O–H groups in total. The molecule has 0 atom stereocenters. The fourth-order valence-electron chi connectivity index (χ4n) is 1.66. The van der Waals surface area contributed by atoms with Gasteiger partial charge in [0.1, 0.15) is 5.75 Å². The summed E-state index contributed by atoms with van der Waals surface area (Å²) < 4.78 is 5.79. The first-order valence-corrected chi connectivity index (χ1v) is 7.11. The minimum atomic E-state index is 0.419. The number of benzene rings is 1. The largest absolute Gasteiger partial charge is 0.493 e. The molecule has 0 spiro atoms. The Morgan fingerprint density at radius 3 is 2.59 bits per heavy atom. The van der Waals surface area contributed by atoms with E-state index < -0.39 is 0 Å². The minimum absolute atomic E-state index is 0.419. The van der Waals surface area contributed by atoms with Crippen LogP contribution in [-0.4, -0.2) is 12.4 Å². The van der Waals surface area contributed by atoms with Gasteiger partial charge in [0.15, 0.2) is 0 Å². The normalized spacial score (nSPS) is 10.9. The third-order valence-corrected chi connectivity index (χ3v) is 3.37. The smallest absolute Gasteiger partial charge is 0.122 e. The highest BCUT2D eigenvalue weighted by atomic mass is 35.5. The van der Waals surface area contributed by atoms with Crippen molar-refractivity contribution in [3.8, 4) is 5.75 Å². The van der Waals surface area contributed by atoms with Crippen LogP contribution in [0.5, 0.6) is 5.75 Å². The maximum atomic E-state index is 6.21. The molecule has 0 saturated carbocycles. The Kier molecular flexibility index (Phi) is 6.21. The number of hydrogen-bond acceptors (Lipinski definition) is 2. The van der Waals surface area contributed by atoms with Gasteiger partial charge >= 0.3 is 0 Å². The highest BCUT2D eigenvalue weighted by molar-refractivity contribution is 7.80. The zero-order valence-electron chi connectivity index (χ0n) is 10.8. The van der Waals surface area contributed by atoms with Gasteiger partial charge in [0.2, 0.25) is 0 Å². The third kappa shape index (κ3) is 4.44. The molecule has 0 radical (unpaired) electrons. The van der Waals surface area contributed by atoms with Crippen molar-refractivity contribution in [2.45, 2.75) is 39.5 Å². The first-order chi connectivity index (χ1) is 8.06. The number of halogens is 1. The predicted octanol–water partition coefficient (Wildman–Crippen LogP) is 4.86. The summed E-state index contributed by atoms with van der Waals surface area (Å²) >= 11 is 10.4. The highest BCUT2D eigenvalue weighted by Gasteiger charge is 2.09. The van der Waals surface area contributed by atoms with Crippen LogP contribution in [0.1, 0.15) is 43.7 Å². The Hall–Kier alpha value is -0.340. The van der Waals surface area contributed by atoms with Gasteiger partial charge in [-0.3, -0.25) is 0 Å². The molecule has 0 saturated heterocycles. The highest BCUT2D eigenvalue weighted by Crippen LogP contribution is 2.31. The van der Waals surface area contributed by atoms with Crippen molar-refractivity contribution in [2.24, 2.45) is 0 Å². The molecule has 3 heteroatoms. The lowest BCUT2D eigenvalue weighted by molar-refractivity contribution is 0.307. The molecule has 96 valence electrons. The molecule has 0 aliphatic heterocycles. The lowest BCUT2D eigenvalue weighted by Gasteiger charge is -2.14. The molecule has 1 aromatic rings. The summed E-state index contributed by atoms with van der Waals surface area (Å²) in [4.78, 5) is 0. The van der Waals surface area contributed by atoms with Gasteiger partial charge in [0.25, 0.3) is 0 Å². The topological polar surface area (TPSA) is 9.23 Å². The number of ether oxygens (including phenoxy) is 1. The lowest BCUT2D eigenvalue weighted by Crippen LogP contribution is -2.01. The number of unbranched alkanes of at least 4 members (excludes halogenated alkanes) is 1. The van der Waals surface area contributed by atoms with Gasteiger partial charge in [0, 0.05) is 5.02 Å². The van der Waals surface area contributed by atoms with Gasteiger partial charge in [-0.1, -0.05) is 25.4 Å². The van der Waals surface area contributed by atoms with Crippen molar-refractivity contribution in [1.29, 1.82) is 0 Å². The van der Waals surface area contributed by atoms with Crippen molar-refractivity contribution < 1.29 is 4.74 Å². The average molecular weight is 273 g/mol. The van der Waals surface area contributed by atoms with Crippen LogP contribution in [0.25, 0.3) is 0 Å². The van der Waals surface area contributed by atoms with Crippen LogP contribution in [-0.2, 0) is 0 Å². The first kappa shape index (κ1) is 14.7. The molecular weight excluding hydrogens is 252 g/mol. The molecular formula is C14H21ClOS. The van der Waals surface area contributed by atoms with Crippen molar-refractivity contribution in [1.82, 2.24) is 0 Å². The zero-order valence-corrected chi connectivity index (χ0v) is 12.4. The Bertz CT molecular complexity index is 363. The molecule has 0 aliphatic rings. The fourth-order valence-corrected chi connectivity index (χ4v) is 2.32. The van der Waals surface area contributed by atoms with Gasteiger partial charge in [-0.25, -0.2) is 0 Å². The summed E-state index contributed by atoms with van der Waals surface area (Å²) in [5.74, 6) is 2.29. The second-order valence-corrected chi connectivity index (χ2v) is 5.43. The summed E-state index contributed by atoms with van der Waals surface area (Å²) in [6, 6.07) is 4.06. The van der Waals surface area contributed by atoms with E-state index in [4.69, 9.17) is 16.3 Å². The summed E-state index contributed by atoms with van der Waals surface area (Å²) in [7, 11) is 0. The summed E-state index contributed by atoms with van der Waals surface area (Å²) in [5, 5.41) is 0.834.